The molecule has 3 aromatic rings. The molecule has 0 amide bonds. The molecule has 124 valence electrons. The SMILES string of the molecule is Clc1ccnc(Cl)c1Nc1nccc2c1ccn2CCC1COC1. The van der Waals surface area contributed by atoms with Crippen molar-refractivity contribution < 1.29 is 4.74 Å². The first-order valence-corrected chi connectivity index (χ1v) is 8.56. The fourth-order valence-electron chi connectivity index (χ4n) is 2.83. The van der Waals surface area contributed by atoms with Crippen LogP contribution in [0.15, 0.2) is 36.8 Å². The van der Waals surface area contributed by atoms with E-state index in [-0.39, 0.29) is 0 Å². The lowest BCUT2D eigenvalue weighted by Crippen LogP contribution is -2.28. The van der Waals surface area contributed by atoms with Crippen molar-refractivity contribution in [3.05, 3.63) is 47.0 Å². The molecule has 1 N–H and O–H groups in total. The van der Waals surface area contributed by atoms with E-state index in [0.717, 1.165) is 42.9 Å². The number of rotatable bonds is 5. The van der Waals surface area contributed by atoms with E-state index in [0.29, 0.717) is 21.8 Å². The maximum absolute atomic E-state index is 6.21. The lowest BCUT2D eigenvalue weighted by molar-refractivity contribution is -0.0370. The van der Waals surface area contributed by atoms with Crippen LogP contribution >= 0.6 is 23.2 Å². The van der Waals surface area contributed by atoms with Gasteiger partial charge in [0.1, 0.15) is 5.82 Å². The average molecular weight is 363 g/mol. The molecule has 0 unspecified atom stereocenters. The minimum absolute atomic E-state index is 0.325. The number of ether oxygens (including phenoxy) is 1. The standard InChI is InChI=1S/C17H16Cl2N4O/c18-13-1-5-20-16(19)15(13)22-17-12-4-8-23(14(12)2-6-21-17)7-3-11-9-24-10-11/h1-2,4-6,8,11H,3,7,9-10H2,(H,21,22). The molecular formula is C17H16Cl2N4O. The Bertz CT molecular complexity index is 856. The molecular weight excluding hydrogens is 347 g/mol. The zero-order chi connectivity index (χ0) is 16.5. The van der Waals surface area contributed by atoms with Gasteiger partial charge in [-0.25, -0.2) is 9.97 Å². The molecule has 0 atom stereocenters. The first kappa shape index (κ1) is 15.7. The zero-order valence-electron chi connectivity index (χ0n) is 12.9. The molecule has 3 aromatic heterocycles. The van der Waals surface area contributed by atoms with Crippen molar-refractivity contribution in [1.82, 2.24) is 14.5 Å². The maximum atomic E-state index is 6.21. The number of anilines is 2. The van der Waals surface area contributed by atoms with Crippen LogP contribution in [0, 0.1) is 5.92 Å². The van der Waals surface area contributed by atoms with Gasteiger partial charge >= 0.3 is 0 Å². The van der Waals surface area contributed by atoms with Crippen LogP contribution in [0.25, 0.3) is 10.9 Å². The second-order valence-electron chi connectivity index (χ2n) is 5.88. The van der Waals surface area contributed by atoms with Gasteiger partial charge < -0.3 is 14.6 Å². The zero-order valence-corrected chi connectivity index (χ0v) is 14.4. The molecule has 7 heteroatoms. The van der Waals surface area contributed by atoms with Gasteiger partial charge in [0.2, 0.25) is 0 Å². The second-order valence-corrected chi connectivity index (χ2v) is 6.64. The van der Waals surface area contributed by atoms with E-state index in [1.165, 1.54) is 0 Å². The molecule has 4 rings (SSSR count). The molecule has 1 aliphatic rings. The van der Waals surface area contributed by atoms with Crippen molar-refractivity contribution in [2.45, 2.75) is 13.0 Å². The Kier molecular flexibility index (Phi) is 4.31. The Hall–Kier alpha value is -1.82. The van der Waals surface area contributed by atoms with Crippen molar-refractivity contribution in [2.24, 2.45) is 5.92 Å². The summed E-state index contributed by atoms with van der Waals surface area (Å²) < 4.78 is 7.48. The number of halogens is 2. The molecule has 1 aliphatic heterocycles. The first-order valence-electron chi connectivity index (χ1n) is 7.81. The van der Waals surface area contributed by atoms with E-state index in [1.54, 1.807) is 18.5 Å². The van der Waals surface area contributed by atoms with E-state index >= 15 is 0 Å². The molecule has 1 fully saturated rings. The summed E-state index contributed by atoms with van der Waals surface area (Å²) >= 11 is 12.4. The molecule has 5 nitrogen and oxygen atoms in total. The van der Waals surface area contributed by atoms with Crippen molar-refractivity contribution in [3.8, 4) is 0 Å². The van der Waals surface area contributed by atoms with Crippen LogP contribution in [0.3, 0.4) is 0 Å². The molecule has 4 heterocycles. The predicted octanol–water partition coefficient (Wildman–Crippen LogP) is 4.52. The van der Waals surface area contributed by atoms with E-state index < -0.39 is 0 Å². The minimum Gasteiger partial charge on any atom is -0.381 e. The molecule has 0 aromatic carbocycles. The third kappa shape index (κ3) is 2.95. The number of aryl methyl sites for hydroxylation is 1. The lowest BCUT2D eigenvalue weighted by atomic mass is 10.0. The summed E-state index contributed by atoms with van der Waals surface area (Å²) in [6.45, 7) is 2.73. The Morgan fingerprint density at radius 2 is 2.00 bits per heavy atom. The van der Waals surface area contributed by atoms with Crippen LogP contribution in [-0.4, -0.2) is 27.7 Å². The number of nitrogens with zero attached hydrogens (tertiary/aromatic N) is 3. The highest BCUT2D eigenvalue weighted by molar-refractivity contribution is 6.38. The van der Waals surface area contributed by atoms with Crippen LogP contribution in [0.5, 0.6) is 0 Å². The van der Waals surface area contributed by atoms with Gasteiger partial charge in [-0.3, -0.25) is 0 Å². The number of nitrogens with one attached hydrogen (secondary N) is 1. The van der Waals surface area contributed by atoms with Gasteiger partial charge in [-0.2, -0.15) is 0 Å². The van der Waals surface area contributed by atoms with E-state index in [2.05, 4.69) is 32.1 Å². The maximum Gasteiger partial charge on any atom is 0.154 e. The summed E-state index contributed by atoms with van der Waals surface area (Å²) in [6.07, 6.45) is 6.56. The molecule has 24 heavy (non-hydrogen) atoms. The van der Waals surface area contributed by atoms with Crippen molar-refractivity contribution in [2.75, 3.05) is 18.5 Å². The monoisotopic (exact) mass is 362 g/mol. The highest BCUT2D eigenvalue weighted by Gasteiger charge is 2.18. The average Bonchev–Trinajstić information content (AvgIpc) is 2.94. The number of fused-ring (bicyclic) bond motifs is 1. The number of hydrogen-bond donors (Lipinski definition) is 1. The third-order valence-corrected chi connectivity index (χ3v) is 4.88. The van der Waals surface area contributed by atoms with Crippen LogP contribution in [0.2, 0.25) is 10.2 Å². The van der Waals surface area contributed by atoms with Crippen LogP contribution in [-0.2, 0) is 11.3 Å². The van der Waals surface area contributed by atoms with Crippen molar-refractivity contribution in [1.29, 1.82) is 0 Å². The number of pyridine rings is 2. The van der Waals surface area contributed by atoms with Crippen LogP contribution in [0.1, 0.15) is 6.42 Å². The van der Waals surface area contributed by atoms with E-state index in [1.807, 2.05) is 6.07 Å². The summed E-state index contributed by atoms with van der Waals surface area (Å²) in [5.74, 6) is 1.39. The Labute approximate surface area is 149 Å². The molecule has 0 bridgehead atoms. The summed E-state index contributed by atoms with van der Waals surface area (Å²) in [7, 11) is 0. The topological polar surface area (TPSA) is 52.0 Å². The van der Waals surface area contributed by atoms with Gasteiger partial charge in [0.15, 0.2) is 5.15 Å². The van der Waals surface area contributed by atoms with Crippen molar-refractivity contribution >= 4 is 45.6 Å². The van der Waals surface area contributed by atoms with Gasteiger partial charge in [-0.15, -0.1) is 0 Å². The van der Waals surface area contributed by atoms with Gasteiger partial charge in [0.25, 0.3) is 0 Å². The van der Waals surface area contributed by atoms with Gasteiger partial charge in [-0.1, -0.05) is 23.2 Å². The number of aromatic nitrogens is 3. The van der Waals surface area contributed by atoms with Gasteiger partial charge in [0, 0.05) is 36.4 Å². The normalized spacial score (nSPS) is 14.8. The minimum atomic E-state index is 0.325. The first-order chi connectivity index (χ1) is 11.7. The summed E-state index contributed by atoms with van der Waals surface area (Å²) in [6, 6.07) is 5.77. The fraction of sp³-hybridized carbons (Fsp3) is 0.294. The third-order valence-electron chi connectivity index (χ3n) is 4.28. The smallest absolute Gasteiger partial charge is 0.154 e. The largest absolute Gasteiger partial charge is 0.381 e. The number of hydrogen-bond acceptors (Lipinski definition) is 4. The molecule has 0 saturated carbocycles. The van der Waals surface area contributed by atoms with E-state index in [9.17, 15) is 0 Å². The predicted molar refractivity (Wildman–Crippen MR) is 96.2 cm³/mol. The van der Waals surface area contributed by atoms with Gasteiger partial charge in [0.05, 0.1) is 29.4 Å². The molecule has 0 radical (unpaired) electrons. The summed E-state index contributed by atoms with van der Waals surface area (Å²) in [5.41, 5.74) is 1.70. The molecule has 0 spiro atoms. The molecule has 1 saturated heterocycles. The highest BCUT2D eigenvalue weighted by Crippen LogP contribution is 2.33. The van der Waals surface area contributed by atoms with Crippen molar-refractivity contribution in [3.63, 3.8) is 0 Å². The Balaban J connectivity index is 1.63. The van der Waals surface area contributed by atoms with Gasteiger partial charge in [-0.05, 0) is 24.6 Å². The Morgan fingerprint density at radius 1 is 1.17 bits per heavy atom. The Morgan fingerprint density at radius 3 is 2.75 bits per heavy atom. The molecule has 0 aliphatic carbocycles. The summed E-state index contributed by atoms with van der Waals surface area (Å²) in [4.78, 5) is 8.49. The summed E-state index contributed by atoms with van der Waals surface area (Å²) in [5, 5.41) is 5.08. The lowest BCUT2D eigenvalue weighted by Gasteiger charge is -2.26. The quantitative estimate of drug-likeness (QED) is 0.678. The van der Waals surface area contributed by atoms with Crippen LogP contribution < -0.4 is 5.32 Å². The van der Waals surface area contributed by atoms with E-state index in [4.69, 9.17) is 27.9 Å². The van der Waals surface area contributed by atoms with Crippen LogP contribution in [0.4, 0.5) is 11.5 Å². The highest BCUT2D eigenvalue weighted by atomic mass is 35.5. The fourth-order valence-corrected chi connectivity index (χ4v) is 3.28. The second kappa shape index (κ2) is 6.59.